The zero-order chi connectivity index (χ0) is 21.1. The molecule has 3 aliphatic rings. The zero-order valence-electron chi connectivity index (χ0n) is 17.5. The van der Waals surface area contributed by atoms with Crippen molar-refractivity contribution in [3.63, 3.8) is 0 Å². The molecule has 3 aliphatic carbocycles. The van der Waals surface area contributed by atoms with E-state index in [1.54, 1.807) is 12.1 Å². The number of amides is 2. The van der Waals surface area contributed by atoms with E-state index in [2.05, 4.69) is 22.8 Å². The largest absolute Gasteiger partial charge is 0.465 e. The summed E-state index contributed by atoms with van der Waals surface area (Å²) in [7, 11) is 1.33. The minimum absolute atomic E-state index is 0.000435. The van der Waals surface area contributed by atoms with Crippen LogP contribution in [0.4, 0.5) is 5.69 Å². The summed E-state index contributed by atoms with van der Waals surface area (Å²) in [4.78, 5) is 37.4. The van der Waals surface area contributed by atoms with E-state index in [1.807, 2.05) is 6.07 Å². The van der Waals surface area contributed by atoms with Crippen LogP contribution in [0.25, 0.3) is 0 Å². The Kier molecular flexibility index (Phi) is 6.21. The smallest absolute Gasteiger partial charge is 0.337 e. The van der Waals surface area contributed by atoms with Gasteiger partial charge in [-0.05, 0) is 61.3 Å². The lowest BCUT2D eigenvalue weighted by Gasteiger charge is -2.21. The standard InChI is InChI=1S/C24H30N2O4/c1-30-24(29)19-10-16(14-25-23(28)21-12-15-7-8-18(21)9-15)11-20(13-19)26-22(27)17-5-3-2-4-6-17/h7-8,10-11,13,15,17-18,21H,2-6,9,12,14H2,1H3,(H,25,28)(H,26,27)/t15-,18+,21-/m1/s1. The number of allylic oxidation sites excluding steroid dienone is 2. The van der Waals surface area contributed by atoms with E-state index in [0.717, 1.165) is 44.1 Å². The molecule has 0 saturated heterocycles. The summed E-state index contributed by atoms with van der Waals surface area (Å²) in [5, 5.41) is 5.98. The van der Waals surface area contributed by atoms with Crippen molar-refractivity contribution in [3.05, 3.63) is 41.5 Å². The van der Waals surface area contributed by atoms with Crippen LogP contribution < -0.4 is 10.6 Å². The molecular formula is C24H30N2O4. The van der Waals surface area contributed by atoms with Crippen LogP contribution in [0.2, 0.25) is 0 Å². The third-order valence-corrected chi connectivity index (χ3v) is 6.74. The van der Waals surface area contributed by atoms with Crippen LogP contribution in [-0.4, -0.2) is 24.9 Å². The first kappa shape index (κ1) is 20.6. The highest BCUT2D eigenvalue weighted by molar-refractivity contribution is 5.95. The molecule has 160 valence electrons. The fraction of sp³-hybridized carbons (Fsp3) is 0.542. The first-order valence-electron chi connectivity index (χ1n) is 11.0. The highest BCUT2D eigenvalue weighted by atomic mass is 16.5. The highest BCUT2D eigenvalue weighted by Gasteiger charge is 2.39. The summed E-state index contributed by atoms with van der Waals surface area (Å²) < 4.78 is 4.86. The number of rotatable bonds is 6. The predicted octanol–water partition coefficient (Wildman–Crippen LogP) is 3.82. The normalized spacial score (nSPS) is 25.2. The monoisotopic (exact) mass is 410 g/mol. The third kappa shape index (κ3) is 4.58. The third-order valence-electron chi connectivity index (χ3n) is 6.74. The minimum Gasteiger partial charge on any atom is -0.465 e. The average molecular weight is 411 g/mol. The molecule has 2 amide bonds. The lowest BCUT2D eigenvalue weighted by Crippen LogP contribution is -2.32. The van der Waals surface area contributed by atoms with Gasteiger partial charge in [0, 0.05) is 24.1 Å². The van der Waals surface area contributed by atoms with E-state index in [0.29, 0.717) is 29.6 Å². The summed E-state index contributed by atoms with van der Waals surface area (Å²) in [6, 6.07) is 5.18. The molecule has 2 bridgehead atoms. The summed E-state index contributed by atoms with van der Waals surface area (Å²) in [5.74, 6) is 0.540. The Morgan fingerprint density at radius 3 is 2.47 bits per heavy atom. The first-order valence-corrected chi connectivity index (χ1v) is 11.0. The summed E-state index contributed by atoms with van der Waals surface area (Å²) in [6.45, 7) is 0.313. The Morgan fingerprint density at radius 2 is 1.80 bits per heavy atom. The van der Waals surface area contributed by atoms with Crippen LogP contribution in [0.5, 0.6) is 0 Å². The second kappa shape index (κ2) is 9.02. The van der Waals surface area contributed by atoms with E-state index < -0.39 is 5.97 Å². The van der Waals surface area contributed by atoms with Crippen LogP contribution >= 0.6 is 0 Å². The molecule has 0 spiro atoms. The minimum atomic E-state index is -0.463. The van der Waals surface area contributed by atoms with Crippen LogP contribution in [-0.2, 0) is 20.9 Å². The topological polar surface area (TPSA) is 84.5 Å². The molecule has 0 heterocycles. The molecule has 6 heteroatoms. The Labute approximate surface area is 177 Å². The van der Waals surface area contributed by atoms with Gasteiger partial charge in [-0.25, -0.2) is 4.79 Å². The van der Waals surface area contributed by atoms with Gasteiger partial charge in [0.25, 0.3) is 0 Å². The number of carbonyl (C=O) groups excluding carboxylic acids is 3. The van der Waals surface area contributed by atoms with Gasteiger partial charge >= 0.3 is 5.97 Å². The van der Waals surface area contributed by atoms with Crippen molar-refractivity contribution in [2.24, 2.45) is 23.7 Å². The second-order valence-corrected chi connectivity index (χ2v) is 8.84. The Hall–Kier alpha value is -2.63. The molecule has 30 heavy (non-hydrogen) atoms. The SMILES string of the molecule is COC(=O)c1cc(CNC(=O)[C@@H]2C[C@@H]3C=C[C@H]2C3)cc(NC(=O)C2CCCCC2)c1. The summed E-state index contributed by atoms with van der Waals surface area (Å²) >= 11 is 0. The van der Waals surface area contributed by atoms with E-state index in [9.17, 15) is 14.4 Å². The van der Waals surface area contributed by atoms with Crippen LogP contribution in [0.3, 0.4) is 0 Å². The molecule has 0 aliphatic heterocycles. The fourth-order valence-electron chi connectivity index (χ4n) is 5.11. The number of fused-ring (bicyclic) bond motifs is 2. The predicted molar refractivity (Wildman–Crippen MR) is 114 cm³/mol. The van der Waals surface area contributed by atoms with Gasteiger partial charge in [-0.15, -0.1) is 0 Å². The van der Waals surface area contributed by atoms with E-state index in [-0.39, 0.29) is 23.7 Å². The van der Waals surface area contributed by atoms with Gasteiger partial charge in [-0.3, -0.25) is 9.59 Å². The Bertz CT molecular complexity index is 857. The number of carbonyl (C=O) groups is 3. The number of benzene rings is 1. The van der Waals surface area contributed by atoms with Gasteiger partial charge in [0.15, 0.2) is 0 Å². The maximum atomic E-state index is 12.6. The van der Waals surface area contributed by atoms with Crippen molar-refractivity contribution in [1.82, 2.24) is 5.32 Å². The number of hydrogen-bond acceptors (Lipinski definition) is 4. The average Bonchev–Trinajstić information content (AvgIpc) is 3.41. The maximum absolute atomic E-state index is 12.6. The molecule has 0 unspecified atom stereocenters. The van der Waals surface area contributed by atoms with E-state index >= 15 is 0 Å². The van der Waals surface area contributed by atoms with E-state index in [1.165, 1.54) is 13.5 Å². The van der Waals surface area contributed by atoms with Crippen molar-refractivity contribution in [1.29, 1.82) is 0 Å². The van der Waals surface area contributed by atoms with Crippen molar-refractivity contribution in [2.45, 2.75) is 51.5 Å². The summed E-state index contributed by atoms with van der Waals surface area (Å²) in [6.07, 6.45) is 11.5. The lowest BCUT2D eigenvalue weighted by molar-refractivity contribution is -0.126. The first-order chi connectivity index (χ1) is 14.5. The molecule has 2 fully saturated rings. The second-order valence-electron chi connectivity index (χ2n) is 8.84. The van der Waals surface area contributed by atoms with Gasteiger partial charge in [0.2, 0.25) is 11.8 Å². The van der Waals surface area contributed by atoms with Crippen LogP contribution in [0.15, 0.2) is 30.4 Å². The van der Waals surface area contributed by atoms with Crippen LogP contribution in [0.1, 0.15) is 60.9 Å². The number of hydrogen-bond donors (Lipinski definition) is 2. The summed E-state index contributed by atoms with van der Waals surface area (Å²) in [5.41, 5.74) is 1.70. The van der Waals surface area contributed by atoms with Gasteiger partial charge in [-0.2, -0.15) is 0 Å². The lowest BCUT2D eigenvalue weighted by atomic mass is 9.88. The Balaban J connectivity index is 1.44. The van der Waals surface area contributed by atoms with Crippen molar-refractivity contribution in [3.8, 4) is 0 Å². The molecular weight excluding hydrogens is 380 g/mol. The molecule has 2 N–H and O–H groups in total. The van der Waals surface area contributed by atoms with E-state index in [4.69, 9.17) is 4.74 Å². The van der Waals surface area contributed by atoms with Gasteiger partial charge in [-0.1, -0.05) is 31.4 Å². The van der Waals surface area contributed by atoms with Gasteiger partial charge < -0.3 is 15.4 Å². The number of esters is 1. The zero-order valence-corrected chi connectivity index (χ0v) is 17.5. The maximum Gasteiger partial charge on any atom is 0.337 e. The van der Waals surface area contributed by atoms with Crippen molar-refractivity contribution >= 4 is 23.5 Å². The number of methoxy groups -OCH3 is 1. The number of ether oxygens (including phenoxy) is 1. The van der Waals surface area contributed by atoms with Gasteiger partial charge in [0.05, 0.1) is 12.7 Å². The van der Waals surface area contributed by atoms with Gasteiger partial charge in [0.1, 0.15) is 0 Å². The molecule has 0 radical (unpaired) electrons. The van der Waals surface area contributed by atoms with Crippen molar-refractivity contribution < 1.29 is 19.1 Å². The fourth-order valence-corrected chi connectivity index (χ4v) is 5.11. The molecule has 4 rings (SSSR count). The molecule has 1 aromatic carbocycles. The highest BCUT2D eigenvalue weighted by Crippen LogP contribution is 2.43. The quantitative estimate of drug-likeness (QED) is 0.552. The molecule has 2 saturated carbocycles. The Morgan fingerprint density at radius 1 is 1.00 bits per heavy atom. The number of anilines is 1. The molecule has 6 nitrogen and oxygen atoms in total. The van der Waals surface area contributed by atoms with Crippen molar-refractivity contribution in [2.75, 3.05) is 12.4 Å². The van der Waals surface area contributed by atoms with Crippen LogP contribution in [0, 0.1) is 23.7 Å². The molecule has 1 aromatic rings. The molecule has 3 atom stereocenters. The molecule has 0 aromatic heterocycles. The number of nitrogens with one attached hydrogen (secondary N) is 2.